The summed E-state index contributed by atoms with van der Waals surface area (Å²) in [5, 5.41) is 9.36. The maximum absolute atomic E-state index is 14.0. The fourth-order valence-corrected chi connectivity index (χ4v) is 6.40. The molecule has 1 aliphatic rings. The minimum Gasteiger partial charge on any atom is -0.494 e. The molecule has 0 spiro atoms. The molecule has 0 fully saturated rings. The fraction of sp³-hybridized carbons (Fsp3) is 0.257. The van der Waals surface area contributed by atoms with E-state index in [4.69, 9.17) is 35.8 Å². The van der Waals surface area contributed by atoms with Crippen LogP contribution in [0.15, 0.2) is 81.7 Å². The zero-order valence-corrected chi connectivity index (χ0v) is 27.4. The number of allylic oxidation sites excluding steroid dienone is 1. The third kappa shape index (κ3) is 6.86. The van der Waals surface area contributed by atoms with Crippen molar-refractivity contribution in [2.45, 2.75) is 40.3 Å². The van der Waals surface area contributed by atoms with Gasteiger partial charge in [0, 0.05) is 0 Å². The first-order valence-electron chi connectivity index (χ1n) is 14.8. The molecule has 0 aliphatic carbocycles. The van der Waals surface area contributed by atoms with E-state index in [0.717, 1.165) is 11.1 Å². The molecule has 0 saturated carbocycles. The Labute approximate surface area is 275 Å². The van der Waals surface area contributed by atoms with Crippen LogP contribution in [0.1, 0.15) is 56.0 Å². The second-order valence-corrected chi connectivity index (χ2v) is 11.6. The van der Waals surface area contributed by atoms with Gasteiger partial charge in [-0.3, -0.25) is 9.36 Å². The zero-order valence-electron chi connectivity index (χ0n) is 25.8. The van der Waals surface area contributed by atoms with E-state index in [1.165, 1.54) is 15.9 Å². The molecule has 4 aromatic rings. The number of fused-ring (bicyclic) bond motifs is 1. The molecule has 46 heavy (non-hydrogen) atoms. The smallest absolute Gasteiger partial charge is 0.338 e. The van der Waals surface area contributed by atoms with E-state index >= 15 is 0 Å². The van der Waals surface area contributed by atoms with Crippen LogP contribution in [-0.2, 0) is 16.1 Å². The normalized spacial score (nSPS) is 14.3. The molecule has 2 heterocycles. The summed E-state index contributed by atoms with van der Waals surface area (Å²) < 4.78 is 24.8. The van der Waals surface area contributed by atoms with Gasteiger partial charge in [-0.1, -0.05) is 47.2 Å². The number of nitriles is 1. The molecule has 1 aromatic heterocycles. The van der Waals surface area contributed by atoms with Gasteiger partial charge in [0.1, 0.15) is 12.4 Å². The van der Waals surface area contributed by atoms with E-state index in [2.05, 4.69) is 11.1 Å². The highest BCUT2D eigenvalue weighted by atomic mass is 35.5. The van der Waals surface area contributed by atoms with E-state index in [1.807, 2.05) is 50.2 Å². The number of carbonyl (C=O) groups excluding carboxylic acids is 1. The van der Waals surface area contributed by atoms with E-state index in [1.54, 1.807) is 44.2 Å². The van der Waals surface area contributed by atoms with Crippen LogP contribution in [0.2, 0.25) is 5.02 Å². The Morgan fingerprint density at radius 2 is 1.74 bits per heavy atom. The quantitative estimate of drug-likeness (QED) is 0.190. The molecule has 1 atom stereocenters. The van der Waals surface area contributed by atoms with Crippen molar-refractivity contribution in [1.29, 1.82) is 5.26 Å². The van der Waals surface area contributed by atoms with Crippen molar-refractivity contribution < 1.29 is 23.7 Å². The lowest BCUT2D eigenvalue weighted by Crippen LogP contribution is -2.39. The third-order valence-electron chi connectivity index (χ3n) is 7.12. The number of ether oxygens (including phenoxy) is 4. The summed E-state index contributed by atoms with van der Waals surface area (Å²) in [7, 11) is 0. The monoisotopic (exact) mass is 657 g/mol. The van der Waals surface area contributed by atoms with Gasteiger partial charge in [-0.25, -0.2) is 9.79 Å². The number of hydrogen-bond acceptors (Lipinski definition) is 9. The predicted molar refractivity (Wildman–Crippen MR) is 176 cm³/mol. The third-order valence-corrected chi connectivity index (χ3v) is 8.38. The topological polar surface area (TPSA) is 112 Å². The van der Waals surface area contributed by atoms with Crippen LogP contribution in [0.4, 0.5) is 0 Å². The number of thiazole rings is 1. The molecule has 0 N–H and O–H groups in total. The minimum atomic E-state index is -0.742. The molecule has 9 nitrogen and oxygen atoms in total. The number of hydrogen-bond donors (Lipinski definition) is 0. The molecule has 0 saturated heterocycles. The highest BCUT2D eigenvalue weighted by molar-refractivity contribution is 7.07. The molecular formula is C35H32ClN3O6S. The second-order valence-electron chi connectivity index (χ2n) is 10.2. The number of esters is 1. The van der Waals surface area contributed by atoms with Crippen molar-refractivity contribution >= 4 is 35.0 Å². The Morgan fingerprint density at radius 1 is 1.02 bits per heavy atom. The summed E-state index contributed by atoms with van der Waals surface area (Å²) in [6.45, 7) is 8.53. The van der Waals surface area contributed by atoms with Crippen LogP contribution in [0.25, 0.3) is 6.08 Å². The number of nitrogens with zero attached hydrogens (tertiary/aromatic N) is 3. The first kappa shape index (κ1) is 32.5. The van der Waals surface area contributed by atoms with Crippen molar-refractivity contribution in [2.24, 2.45) is 4.99 Å². The van der Waals surface area contributed by atoms with E-state index < -0.39 is 12.0 Å². The summed E-state index contributed by atoms with van der Waals surface area (Å²) >= 11 is 7.91. The van der Waals surface area contributed by atoms with Gasteiger partial charge in [-0.05, 0) is 86.9 Å². The van der Waals surface area contributed by atoms with Crippen molar-refractivity contribution in [3.05, 3.63) is 119 Å². The van der Waals surface area contributed by atoms with Gasteiger partial charge in [0.05, 0.1) is 58.3 Å². The summed E-state index contributed by atoms with van der Waals surface area (Å²) in [6, 6.07) is 19.2. The van der Waals surface area contributed by atoms with E-state index in [0.29, 0.717) is 67.2 Å². The number of benzene rings is 3. The van der Waals surface area contributed by atoms with Crippen LogP contribution >= 0.6 is 22.9 Å². The standard InChI is InChI=1S/C35H32ClN3O6S/c1-5-42-26-14-12-25(13-15-26)31-30(34(41)44-7-3)21(4)38-35-39(31)33(40)29(46-35)18-24-16-27(36)32(28(17-24)43-6-2)45-20-23-10-8-22(19-37)9-11-23/h8-18,31H,5-7,20H2,1-4H3/b29-18-/t31-/m0/s1. The molecule has 236 valence electrons. The van der Waals surface area contributed by atoms with Crippen LogP contribution in [0.3, 0.4) is 0 Å². The summed E-state index contributed by atoms with van der Waals surface area (Å²) in [4.78, 5) is 32.3. The van der Waals surface area contributed by atoms with Crippen LogP contribution < -0.4 is 29.1 Å². The minimum absolute atomic E-state index is 0.187. The van der Waals surface area contributed by atoms with Crippen LogP contribution in [-0.4, -0.2) is 30.4 Å². The Balaban J connectivity index is 1.56. The van der Waals surface area contributed by atoms with Crippen molar-refractivity contribution in [2.75, 3.05) is 19.8 Å². The van der Waals surface area contributed by atoms with Gasteiger partial charge < -0.3 is 18.9 Å². The average Bonchev–Trinajstić information content (AvgIpc) is 3.34. The Bertz CT molecular complexity index is 2010. The summed E-state index contributed by atoms with van der Waals surface area (Å²) in [5.74, 6) is 0.956. The van der Waals surface area contributed by atoms with Crippen LogP contribution in [0, 0.1) is 11.3 Å². The van der Waals surface area contributed by atoms with Gasteiger partial charge in [0.25, 0.3) is 5.56 Å². The first-order valence-corrected chi connectivity index (χ1v) is 16.0. The molecule has 3 aromatic carbocycles. The van der Waals surface area contributed by atoms with Gasteiger partial charge in [-0.15, -0.1) is 0 Å². The fourth-order valence-electron chi connectivity index (χ4n) is 5.08. The highest BCUT2D eigenvalue weighted by Crippen LogP contribution is 2.38. The molecule has 0 bridgehead atoms. The van der Waals surface area contributed by atoms with E-state index in [9.17, 15) is 9.59 Å². The lowest BCUT2D eigenvalue weighted by Gasteiger charge is -2.24. The molecule has 0 amide bonds. The molecule has 0 radical (unpaired) electrons. The Morgan fingerprint density at radius 3 is 2.39 bits per heavy atom. The van der Waals surface area contributed by atoms with Crippen LogP contribution in [0.5, 0.6) is 17.2 Å². The van der Waals surface area contributed by atoms with Gasteiger partial charge in [-0.2, -0.15) is 5.26 Å². The molecule has 0 unspecified atom stereocenters. The van der Waals surface area contributed by atoms with Gasteiger partial charge in [0.15, 0.2) is 16.3 Å². The van der Waals surface area contributed by atoms with Crippen molar-refractivity contribution in [1.82, 2.24) is 4.57 Å². The number of aromatic nitrogens is 1. The Kier molecular flexibility index (Phi) is 10.3. The largest absolute Gasteiger partial charge is 0.494 e. The molecule has 1 aliphatic heterocycles. The molecule has 11 heteroatoms. The first-order chi connectivity index (χ1) is 22.3. The number of halogens is 1. The van der Waals surface area contributed by atoms with E-state index in [-0.39, 0.29) is 18.8 Å². The summed E-state index contributed by atoms with van der Waals surface area (Å²) in [5.41, 5.74) is 3.24. The second kappa shape index (κ2) is 14.5. The average molecular weight is 658 g/mol. The maximum Gasteiger partial charge on any atom is 0.338 e. The molecular weight excluding hydrogens is 626 g/mol. The van der Waals surface area contributed by atoms with Gasteiger partial charge in [0.2, 0.25) is 0 Å². The maximum atomic E-state index is 14.0. The Hall–Kier alpha value is -4.85. The SMILES string of the molecule is CCOC(=O)C1=C(C)N=c2s/c(=C\c3cc(Cl)c(OCc4ccc(C#N)cc4)c(OCC)c3)c(=O)n2[C@H]1c1ccc(OCC)cc1. The number of carbonyl (C=O) groups is 1. The summed E-state index contributed by atoms with van der Waals surface area (Å²) in [6.07, 6.45) is 1.72. The highest BCUT2D eigenvalue weighted by Gasteiger charge is 2.33. The van der Waals surface area contributed by atoms with Gasteiger partial charge >= 0.3 is 5.97 Å². The predicted octanol–water partition coefficient (Wildman–Crippen LogP) is 5.70. The van der Waals surface area contributed by atoms with Crippen molar-refractivity contribution in [3.63, 3.8) is 0 Å². The van der Waals surface area contributed by atoms with Crippen molar-refractivity contribution in [3.8, 4) is 23.3 Å². The lowest BCUT2D eigenvalue weighted by atomic mass is 9.96. The number of rotatable bonds is 11. The lowest BCUT2D eigenvalue weighted by molar-refractivity contribution is -0.139. The molecule has 5 rings (SSSR count). The zero-order chi connectivity index (χ0) is 32.8.